The van der Waals surface area contributed by atoms with Crippen molar-refractivity contribution in [2.45, 2.75) is 58.1 Å². The SMILES string of the molecule is CC[C@@H](Oc1cccc(Cl)c1)C(=O)N[C@@H](C)c1ccc2c(c1)CCCC2. The topological polar surface area (TPSA) is 38.3 Å². The maximum Gasteiger partial charge on any atom is 0.261 e. The van der Waals surface area contributed by atoms with Crippen molar-refractivity contribution < 1.29 is 9.53 Å². The summed E-state index contributed by atoms with van der Waals surface area (Å²) in [7, 11) is 0. The molecule has 0 radical (unpaired) electrons. The second kappa shape index (κ2) is 8.59. The Kier molecular flexibility index (Phi) is 6.20. The third-order valence-corrected chi connectivity index (χ3v) is 5.20. The van der Waals surface area contributed by atoms with E-state index in [1.807, 2.05) is 26.0 Å². The highest BCUT2D eigenvalue weighted by atomic mass is 35.5. The molecule has 0 saturated carbocycles. The van der Waals surface area contributed by atoms with E-state index < -0.39 is 6.10 Å². The Morgan fingerprint density at radius 1 is 1.15 bits per heavy atom. The average molecular weight is 372 g/mol. The molecule has 0 aromatic heterocycles. The minimum Gasteiger partial charge on any atom is -0.481 e. The second-order valence-corrected chi connectivity index (χ2v) is 7.37. The van der Waals surface area contributed by atoms with E-state index in [-0.39, 0.29) is 11.9 Å². The molecular formula is C22H26ClNO2. The molecule has 3 rings (SSSR count). The van der Waals surface area contributed by atoms with Crippen LogP contribution in [-0.2, 0) is 17.6 Å². The van der Waals surface area contributed by atoms with Gasteiger partial charge in [-0.25, -0.2) is 0 Å². The van der Waals surface area contributed by atoms with Crippen molar-refractivity contribution in [2.75, 3.05) is 0 Å². The van der Waals surface area contributed by atoms with Crippen molar-refractivity contribution in [2.24, 2.45) is 0 Å². The number of hydrogen-bond donors (Lipinski definition) is 1. The second-order valence-electron chi connectivity index (χ2n) is 6.94. The summed E-state index contributed by atoms with van der Waals surface area (Å²) >= 11 is 5.99. The Balaban J connectivity index is 1.65. The first kappa shape index (κ1) is 18.8. The van der Waals surface area contributed by atoms with Crippen LogP contribution in [0.25, 0.3) is 0 Å². The first-order valence-corrected chi connectivity index (χ1v) is 9.79. The molecule has 0 fully saturated rings. The minimum atomic E-state index is -0.534. The summed E-state index contributed by atoms with van der Waals surface area (Å²) in [5.41, 5.74) is 4.03. The predicted molar refractivity (Wildman–Crippen MR) is 106 cm³/mol. The maximum absolute atomic E-state index is 12.7. The summed E-state index contributed by atoms with van der Waals surface area (Å²) in [5.74, 6) is 0.513. The van der Waals surface area contributed by atoms with E-state index in [0.29, 0.717) is 17.2 Å². The number of ether oxygens (including phenoxy) is 1. The van der Waals surface area contributed by atoms with Crippen LogP contribution < -0.4 is 10.1 Å². The summed E-state index contributed by atoms with van der Waals surface area (Å²) in [6.07, 6.45) is 4.89. The fourth-order valence-corrected chi connectivity index (χ4v) is 3.62. The zero-order chi connectivity index (χ0) is 18.5. The molecule has 0 bridgehead atoms. The molecule has 0 unspecified atom stereocenters. The van der Waals surface area contributed by atoms with Gasteiger partial charge < -0.3 is 10.1 Å². The number of carbonyl (C=O) groups is 1. The van der Waals surface area contributed by atoms with Crippen molar-refractivity contribution in [1.29, 1.82) is 0 Å². The van der Waals surface area contributed by atoms with Gasteiger partial charge in [0.1, 0.15) is 5.75 Å². The molecule has 2 aromatic carbocycles. The lowest BCUT2D eigenvalue weighted by Gasteiger charge is -2.22. The molecule has 1 aliphatic carbocycles. The summed E-state index contributed by atoms with van der Waals surface area (Å²) in [6, 6.07) is 13.7. The normalized spacial score (nSPS) is 15.7. The molecule has 2 atom stereocenters. The van der Waals surface area contributed by atoms with Crippen molar-refractivity contribution in [3.63, 3.8) is 0 Å². The molecule has 0 heterocycles. The number of amides is 1. The van der Waals surface area contributed by atoms with Crippen LogP contribution in [0.1, 0.15) is 55.8 Å². The molecule has 1 amide bonds. The van der Waals surface area contributed by atoms with Crippen LogP contribution in [-0.4, -0.2) is 12.0 Å². The summed E-state index contributed by atoms with van der Waals surface area (Å²) < 4.78 is 5.84. The van der Waals surface area contributed by atoms with E-state index in [1.165, 1.54) is 30.4 Å². The maximum atomic E-state index is 12.7. The van der Waals surface area contributed by atoms with Gasteiger partial charge in [0.25, 0.3) is 5.91 Å². The fraction of sp³-hybridized carbons (Fsp3) is 0.409. The predicted octanol–water partition coefficient (Wildman–Crippen LogP) is 5.25. The summed E-state index contributed by atoms with van der Waals surface area (Å²) in [6.45, 7) is 3.97. The highest BCUT2D eigenvalue weighted by Crippen LogP contribution is 2.25. The zero-order valence-electron chi connectivity index (χ0n) is 15.4. The van der Waals surface area contributed by atoms with Gasteiger partial charge in [-0.3, -0.25) is 4.79 Å². The van der Waals surface area contributed by atoms with Crippen LogP contribution in [0.4, 0.5) is 0 Å². The number of aryl methyl sites for hydroxylation is 2. The van der Waals surface area contributed by atoms with Crippen molar-refractivity contribution in [3.05, 3.63) is 64.2 Å². The quantitative estimate of drug-likeness (QED) is 0.752. The lowest BCUT2D eigenvalue weighted by atomic mass is 9.89. The average Bonchev–Trinajstić information content (AvgIpc) is 2.65. The molecule has 0 saturated heterocycles. The summed E-state index contributed by atoms with van der Waals surface area (Å²) in [4.78, 5) is 12.7. The van der Waals surface area contributed by atoms with Gasteiger partial charge in [-0.1, -0.05) is 42.8 Å². The highest BCUT2D eigenvalue weighted by Gasteiger charge is 2.21. The lowest BCUT2D eigenvalue weighted by molar-refractivity contribution is -0.128. The first-order valence-electron chi connectivity index (χ1n) is 9.41. The number of carbonyl (C=O) groups excluding carboxylic acids is 1. The highest BCUT2D eigenvalue weighted by molar-refractivity contribution is 6.30. The largest absolute Gasteiger partial charge is 0.481 e. The monoisotopic (exact) mass is 371 g/mol. The third kappa shape index (κ3) is 4.59. The van der Waals surface area contributed by atoms with E-state index in [4.69, 9.17) is 16.3 Å². The van der Waals surface area contributed by atoms with Crippen LogP contribution in [0.5, 0.6) is 5.75 Å². The Morgan fingerprint density at radius 2 is 1.92 bits per heavy atom. The van der Waals surface area contributed by atoms with Crippen molar-refractivity contribution in [1.82, 2.24) is 5.32 Å². The Bertz CT molecular complexity index is 774. The zero-order valence-corrected chi connectivity index (χ0v) is 16.2. The Labute approximate surface area is 160 Å². The van der Waals surface area contributed by atoms with Gasteiger partial charge in [-0.15, -0.1) is 0 Å². The van der Waals surface area contributed by atoms with E-state index in [2.05, 4.69) is 23.5 Å². The molecule has 138 valence electrons. The van der Waals surface area contributed by atoms with Crippen LogP contribution in [0.3, 0.4) is 0 Å². The van der Waals surface area contributed by atoms with Crippen LogP contribution in [0.15, 0.2) is 42.5 Å². The van der Waals surface area contributed by atoms with Gasteiger partial charge >= 0.3 is 0 Å². The number of rotatable bonds is 6. The molecule has 4 heteroatoms. The molecular weight excluding hydrogens is 346 g/mol. The Morgan fingerprint density at radius 3 is 2.65 bits per heavy atom. The molecule has 3 nitrogen and oxygen atoms in total. The number of hydrogen-bond acceptors (Lipinski definition) is 2. The summed E-state index contributed by atoms with van der Waals surface area (Å²) in [5, 5.41) is 3.69. The van der Waals surface area contributed by atoms with Crippen LogP contribution in [0.2, 0.25) is 5.02 Å². The molecule has 26 heavy (non-hydrogen) atoms. The lowest BCUT2D eigenvalue weighted by Crippen LogP contribution is -2.39. The molecule has 0 aliphatic heterocycles. The van der Waals surface area contributed by atoms with E-state index >= 15 is 0 Å². The number of benzene rings is 2. The van der Waals surface area contributed by atoms with Gasteiger partial charge in [0.15, 0.2) is 6.10 Å². The molecule has 0 spiro atoms. The molecule has 1 N–H and O–H groups in total. The van der Waals surface area contributed by atoms with Crippen molar-refractivity contribution in [3.8, 4) is 5.75 Å². The Hall–Kier alpha value is -2.00. The van der Waals surface area contributed by atoms with Gasteiger partial charge in [0.2, 0.25) is 0 Å². The third-order valence-electron chi connectivity index (χ3n) is 4.97. The van der Waals surface area contributed by atoms with E-state index in [0.717, 1.165) is 12.0 Å². The fourth-order valence-electron chi connectivity index (χ4n) is 3.44. The first-order chi connectivity index (χ1) is 12.6. The molecule has 1 aliphatic rings. The standard InChI is InChI=1S/C22H26ClNO2/c1-3-21(26-20-10-6-9-19(23)14-20)22(25)24-15(2)17-12-11-16-7-4-5-8-18(16)13-17/h6,9-15,21H,3-5,7-8H2,1-2H3,(H,24,25)/t15-,21+/m0/s1. The molecule has 2 aromatic rings. The number of fused-ring (bicyclic) bond motifs is 1. The van der Waals surface area contributed by atoms with Gasteiger partial charge in [-0.2, -0.15) is 0 Å². The van der Waals surface area contributed by atoms with Crippen LogP contribution in [0, 0.1) is 0 Å². The van der Waals surface area contributed by atoms with E-state index in [9.17, 15) is 4.79 Å². The van der Waals surface area contributed by atoms with Crippen LogP contribution >= 0.6 is 11.6 Å². The van der Waals surface area contributed by atoms with Gasteiger partial charge in [0.05, 0.1) is 6.04 Å². The number of nitrogens with one attached hydrogen (secondary N) is 1. The smallest absolute Gasteiger partial charge is 0.261 e. The van der Waals surface area contributed by atoms with E-state index in [1.54, 1.807) is 12.1 Å². The van der Waals surface area contributed by atoms with Crippen molar-refractivity contribution >= 4 is 17.5 Å². The van der Waals surface area contributed by atoms with Gasteiger partial charge in [0, 0.05) is 5.02 Å². The van der Waals surface area contributed by atoms with Gasteiger partial charge in [-0.05, 0) is 73.9 Å². The number of halogens is 1. The minimum absolute atomic E-state index is 0.0493.